The summed E-state index contributed by atoms with van der Waals surface area (Å²) in [6, 6.07) is 7.69. The van der Waals surface area contributed by atoms with E-state index in [1.54, 1.807) is 20.9 Å². The molecule has 0 atom stereocenters. The van der Waals surface area contributed by atoms with Crippen LogP contribution in [-0.4, -0.2) is 13.0 Å². The lowest BCUT2D eigenvalue weighted by molar-refractivity contribution is -0.123. The predicted octanol–water partition coefficient (Wildman–Crippen LogP) is 3.27. The molecule has 17 heavy (non-hydrogen) atoms. The van der Waals surface area contributed by atoms with Crippen LogP contribution in [0.3, 0.4) is 0 Å². The van der Waals surface area contributed by atoms with E-state index in [1.807, 2.05) is 31.2 Å². The lowest BCUT2D eigenvalue weighted by atomic mass is 9.94. The number of hydrogen-bond acceptors (Lipinski definition) is 2. The van der Waals surface area contributed by atoms with Crippen molar-refractivity contribution in [2.24, 2.45) is 5.41 Å². The Morgan fingerprint density at radius 1 is 1.47 bits per heavy atom. The number of aryl methyl sites for hydroxylation is 1. The van der Waals surface area contributed by atoms with E-state index in [0.29, 0.717) is 0 Å². The molecule has 0 fully saturated rings. The molecule has 0 saturated heterocycles. The normalized spacial score (nSPS) is 10.8. The van der Waals surface area contributed by atoms with Crippen molar-refractivity contribution >= 4 is 27.5 Å². The molecule has 0 N–H and O–H groups in total. The van der Waals surface area contributed by atoms with Gasteiger partial charge < -0.3 is 4.90 Å². The molecule has 0 heterocycles. The molecule has 1 amide bonds. The summed E-state index contributed by atoms with van der Waals surface area (Å²) in [5, 5.41) is 8.95. The Morgan fingerprint density at radius 3 is 2.53 bits per heavy atom. The average Bonchev–Trinajstić information content (AvgIpc) is 2.30. The van der Waals surface area contributed by atoms with Crippen LogP contribution < -0.4 is 4.90 Å². The third-order valence-electron chi connectivity index (χ3n) is 2.66. The van der Waals surface area contributed by atoms with Crippen LogP contribution in [-0.2, 0) is 4.79 Å². The first-order valence-electron chi connectivity index (χ1n) is 5.25. The highest BCUT2D eigenvalue weighted by Crippen LogP contribution is 2.26. The summed E-state index contributed by atoms with van der Waals surface area (Å²) in [5.74, 6) is -0.212. The van der Waals surface area contributed by atoms with Gasteiger partial charge in [-0.15, -0.1) is 0 Å². The van der Waals surface area contributed by atoms with Crippen molar-refractivity contribution in [3.63, 3.8) is 0 Å². The fraction of sp³-hybridized carbons (Fsp3) is 0.385. The van der Waals surface area contributed by atoms with Crippen LogP contribution in [0.5, 0.6) is 0 Å². The van der Waals surface area contributed by atoms with Crippen LogP contribution in [0.15, 0.2) is 22.7 Å². The van der Waals surface area contributed by atoms with Gasteiger partial charge in [0.15, 0.2) is 0 Å². The number of nitriles is 1. The van der Waals surface area contributed by atoms with E-state index in [-0.39, 0.29) is 5.91 Å². The number of carbonyl (C=O) groups excluding carboxylic acids is 1. The number of rotatable bonds is 2. The molecule has 0 spiro atoms. The van der Waals surface area contributed by atoms with Gasteiger partial charge in [0, 0.05) is 17.2 Å². The van der Waals surface area contributed by atoms with Crippen molar-refractivity contribution in [3.8, 4) is 6.07 Å². The summed E-state index contributed by atoms with van der Waals surface area (Å²) in [6.45, 7) is 5.22. The zero-order chi connectivity index (χ0) is 13.2. The van der Waals surface area contributed by atoms with Crippen molar-refractivity contribution in [2.45, 2.75) is 20.8 Å². The molecule has 90 valence electrons. The molecule has 0 aliphatic carbocycles. The van der Waals surface area contributed by atoms with Gasteiger partial charge in [-0.05, 0) is 38.5 Å². The highest BCUT2D eigenvalue weighted by Gasteiger charge is 2.31. The molecular formula is C13H15BrN2O. The van der Waals surface area contributed by atoms with Crippen molar-refractivity contribution in [3.05, 3.63) is 28.2 Å². The second kappa shape index (κ2) is 4.89. The Balaban J connectivity index is 3.06. The summed E-state index contributed by atoms with van der Waals surface area (Å²) < 4.78 is 0.949. The molecule has 0 saturated carbocycles. The Morgan fingerprint density at radius 2 is 2.06 bits per heavy atom. The van der Waals surface area contributed by atoms with E-state index in [2.05, 4.69) is 15.9 Å². The Bertz CT molecular complexity index is 489. The monoisotopic (exact) mass is 294 g/mol. The standard InChI is InChI=1S/C13H15BrN2O/c1-9-5-6-10(7-11(9)14)16(4)12(17)13(2,3)8-15/h5-7H,1-4H3. The third-order valence-corrected chi connectivity index (χ3v) is 3.52. The van der Waals surface area contributed by atoms with Gasteiger partial charge in [0.2, 0.25) is 5.91 Å². The van der Waals surface area contributed by atoms with Crippen molar-refractivity contribution < 1.29 is 4.79 Å². The maximum Gasteiger partial charge on any atom is 0.246 e. The first-order valence-corrected chi connectivity index (χ1v) is 6.04. The lowest BCUT2D eigenvalue weighted by Crippen LogP contribution is -2.37. The van der Waals surface area contributed by atoms with Crippen molar-refractivity contribution in [2.75, 3.05) is 11.9 Å². The quantitative estimate of drug-likeness (QED) is 0.840. The van der Waals surface area contributed by atoms with Crippen molar-refractivity contribution in [1.29, 1.82) is 5.26 Å². The number of hydrogen-bond donors (Lipinski definition) is 0. The second-order valence-corrected chi connectivity index (χ2v) is 5.39. The predicted molar refractivity (Wildman–Crippen MR) is 71.7 cm³/mol. The molecule has 1 aromatic rings. The van der Waals surface area contributed by atoms with Gasteiger partial charge in [-0.3, -0.25) is 4.79 Å². The van der Waals surface area contributed by atoms with Crippen LogP contribution in [0.4, 0.5) is 5.69 Å². The molecule has 0 aromatic heterocycles. The number of halogens is 1. The number of anilines is 1. The van der Waals surface area contributed by atoms with E-state index in [4.69, 9.17) is 5.26 Å². The van der Waals surface area contributed by atoms with Crippen LogP contribution >= 0.6 is 15.9 Å². The third kappa shape index (κ3) is 2.86. The van der Waals surface area contributed by atoms with E-state index in [0.717, 1.165) is 15.7 Å². The Kier molecular flexibility index (Phi) is 3.94. The van der Waals surface area contributed by atoms with E-state index in [1.165, 1.54) is 4.90 Å². The van der Waals surface area contributed by atoms with Gasteiger partial charge in [-0.1, -0.05) is 22.0 Å². The maximum atomic E-state index is 12.1. The lowest BCUT2D eigenvalue weighted by Gasteiger charge is -2.24. The first-order chi connectivity index (χ1) is 7.79. The summed E-state index contributed by atoms with van der Waals surface area (Å²) in [7, 11) is 1.68. The van der Waals surface area contributed by atoms with Gasteiger partial charge in [0.1, 0.15) is 5.41 Å². The molecule has 3 nitrogen and oxygen atoms in total. The van der Waals surface area contributed by atoms with Gasteiger partial charge in [0.05, 0.1) is 6.07 Å². The fourth-order valence-electron chi connectivity index (χ4n) is 1.37. The van der Waals surface area contributed by atoms with Gasteiger partial charge >= 0.3 is 0 Å². The van der Waals surface area contributed by atoms with Crippen LogP contribution in [0.2, 0.25) is 0 Å². The molecule has 0 aliphatic rings. The SMILES string of the molecule is Cc1ccc(N(C)C(=O)C(C)(C)C#N)cc1Br. The minimum Gasteiger partial charge on any atom is -0.314 e. The summed E-state index contributed by atoms with van der Waals surface area (Å²) >= 11 is 3.43. The highest BCUT2D eigenvalue weighted by atomic mass is 79.9. The largest absolute Gasteiger partial charge is 0.314 e. The van der Waals surface area contributed by atoms with Gasteiger partial charge in [-0.25, -0.2) is 0 Å². The molecule has 0 bridgehead atoms. The zero-order valence-corrected chi connectivity index (χ0v) is 12.0. The van der Waals surface area contributed by atoms with Crippen LogP contribution in [0.1, 0.15) is 19.4 Å². The van der Waals surface area contributed by atoms with Gasteiger partial charge in [-0.2, -0.15) is 5.26 Å². The van der Waals surface area contributed by atoms with Gasteiger partial charge in [0.25, 0.3) is 0 Å². The second-order valence-electron chi connectivity index (χ2n) is 4.53. The van der Waals surface area contributed by atoms with Crippen molar-refractivity contribution in [1.82, 2.24) is 0 Å². The maximum absolute atomic E-state index is 12.1. The molecular weight excluding hydrogens is 280 g/mol. The number of benzene rings is 1. The molecule has 0 radical (unpaired) electrons. The number of nitrogens with zero attached hydrogens (tertiary/aromatic N) is 2. The minimum absolute atomic E-state index is 0.212. The molecule has 0 unspecified atom stereocenters. The number of carbonyl (C=O) groups is 1. The zero-order valence-electron chi connectivity index (χ0n) is 10.4. The Hall–Kier alpha value is -1.34. The summed E-state index contributed by atoms with van der Waals surface area (Å²) in [4.78, 5) is 13.6. The number of amides is 1. The average molecular weight is 295 g/mol. The van der Waals surface area contributed by atoms with E-state index >= 15 is 0 Å². The van der Waals surface area contributed by atoms with Crippen LogP contribution in [0, 0.1) is 23.7 Å². The topological polar surface area (TPSA) is 44.1 Å². The minimum atomic E-state index is -1.01. The highest BCUT2D eigenvalue weighted by molar-refractivity contribution is 9.10. The van der Waals surface area contributed by atoms with E-state index in [9.17, 15) is 4.79 Å². The van der Waals surface area contributed by atoms with Crippen LogP contribution in [0.25, 0.3) is 0 Å². The molecule has 4 heteroatoms. The first kappa shape index (κ1) is 13.7. The van der Waals surface area contributed by atoms with E-state index < -0.39 is 5.41 Å². The Labute approximate surface area is 110 Å². The summed E-state index contributed by atoms with van der Waals surface area (Å²) in [6.07, 6.45) is 0. The molecule has 0 aliphatic heterocycles. The summed E-state index contributed by atoms with van der Waals surface area (Å²) in [5.41, 5.74) is 0.872. The fourth-order valence-corrected chi connectivity index (χ4v) is 1.74. The molecule has 1 rings (SSSR count). The smallest absolute Gasteiger partial charge is 0.246 e. The molecule has 1 aromatic carbocycles.